The number of carbonyl (C=O) groups excluding carboxylic acids is 2. The van der Waals surface area contributed by atoms with Gasteiger partial charge < -0.3 is 9.64 Å². The first kappa shape index (κ1) is 15.3. The van der Waals surface area contributed by atoms with Crippen LogP contribution in [-0.2, 0) is 9.59 Å². The fraction of sp³-hybridized carbons (Fsp3) is 0.500. The Balaban J connectivity index is 1.71. The Morgan fingerprint density at radius 3 is 2.91 bits per heavy atom. The molecule has 1 aromatic rings. The predicted molar refractivity (Wildman–Crippen MR) is 87.0 cm³/mol. The molecule has 2 amide bonds. The fourth-order valence-corrected chi connectivity index (χ4v) is 3.11. The molecule has 5 nitrogen and oxygen atoms in total. The van der Waals surface area contributed by atoms with Gasteiger partial charge in [0.25, 0.3) is 5.91 Å². The van der Waals surface area contributed by atoms with E-state index in [9.17, 15) is 9.59 Å². The number of fused-ring (bicyclic) bond motifs is 1. The second kappa shape index (κ2) is 6.28. The summed E-state index contributed by atoms with van der Waals surface area (Å²) < 4.78 is 6.32. The van der Waals surface area contributed by atoms with Crippen molar-refractivity contribution in [1.82, 2.24) is 4.90 Å². The summed E-state index contributed by atoms with van der Waals surface area (Å²) in [5.41, 5.74) is 0.657. The zero-order valence-corrected chi connectivity index (χ0v) is 14.1. The molecule has 0 saturated heterocycles. The third kappa shape index (κ3) is 3.11. The summed E-state index contributed by atoms with van der Waals surface area (Å²) in [4.78, 5) is 27.8. The molecule has 0 bridgehead atoms. The molecule has 1 heterocycles. The number of rotatable bonds is 4. The number of likely N-dealkylation sites (N-methyl/N-ethyl adjacent to an activating group) is 1. The maximum Gasteiger partial charge on any atom is 0.265 e. The van der Waals surface area contributed by atoms with Gasteiger partial charge in [-0.3, -0.25) is 14.5 Å². The molecule has 0 unspecified atom stereocenters. The van der Waals surface area contributed by atoms with Crippen LogP contribution in [0.3, 0.4) is 0 Å². The van der Waals surface area contributed by atoms with E-state index in [2.05, 4.69) is 15.9 Å². The quantitative estimate of drug-likeness (QED) is 0.822. The van der Waals surface area contributed by atoms with Gasteiger partial charge in [-0.15, -0.1) is 0 Å². The maximum absolute atomic E-state index is 12.4. The van der Waals surface area contributed by atoms with E-state index in [1.54, 1.807) is 11.0 Å². The highest BCUT2D eigenvalue weighted by Crippen LogP contribution is 2.34. The van der Waals surface area contributed by atoms with Crippen LogP contribution < -0.4 is 9.64 Å². The van der Waals surface area contributed by atoms with Crippen LogP contribution in [0.25, 0.3) is 0 Å². The molecule has 1 aliphatic heterocycles. The average Bonchev–Trinajstić information content (AvgIpc) is 2.45. The SMILES string of the molecule is CN(CC1CCC1)C(=O)CN1C(=O)COc2cc(Br)ccc21. The number of benzene rings is 1. The first-order valence-corrected chi connectivity index (χ1v) is 8.30. The third-order valence-electron chi connectivity index (χ3n) is 4.34. The summed E-state index contributed by atoms with van der Waals surface area (Å²) in [6.07, 6.45) is 3.66. The predicted octanol–water partition coefficient (Wildman–Crippen LogP) is 2.43. The van der Waals surface area contributed by atoms with Gasteiger partial charge in [0.1, 0.15) is 12.3 Å². The zero-order valence-electron chi connectivity index (χ0n) is 12.5. The highest BCUT2D eigenvalue weighted by atomic mass is 79.9. The van der Waals surface area contributed by atoms with E-state index in [1.165, 1.54) is 24.2 Å². The maximum atomic E-state index is 12.4. The van der Waals surface area contributed by atoms with Crippen molar-refractivity contribution < 1.29 is 14.3 Å². The lowest BCUT2D eigenvalue weighted by molar-refractivity contribution is -0.131. The number of amides is 2. The van der Waals surface area contributed by atoms with Crippen molar-refractivity contribution in [3.8, 4) is 5.75 Å². The fourth-order valence-electron chi connectivity index (χ4n) is 2.77. The van der Waals surface area contributed by atoms with Crippen LogP contribution in [0.4, 0.5) is 5.69 Å². The molecule has 0 N–H and O–H groups in total. The van der Waals surface area contributed by atoms with Gasteiger partial charge in [0.05, 0.1) is 5.69 Å². The van der Waals surface area contributed by atoms with Crippen molar-refractivity contribution in [3.63, 3.8) is 0 Å². The van der Waals surface area contributed by atoms with Crippen molar-refractivity contribution in [2.45, 2.75) is 19.3 Å². The lowest BCUT2D eigenvalue weighted by Gasteiger charge is -2.33. The Kier molecular flexibility index (Phi) is 4.38. The van der Waals surface area contributed by atoms with Crippen LogP contribution in [0.2, 0.25) is 0 Å². The Morgan fingerprint density at radius 1 is 1.45 bits per heavy atom. The molecule has 0 aromatic heterocycles. The van der Waals surface area contributed by atoms with Gasteiger partial charge in [0.15, 0.2) is 6.61 Å². The van der Waals surface area contributed by atoms with Crippen LogP contribution in [-0.4, -0.2) is 43.5 Å². The van der Waals surface area contributed by atoms with Crippen molar-refractivity contribution in [2.24, 2.45) is 5.92 Å². The molecule has 6 heteroatoms. The van der Waals surface area contributed by atoms with E-state index in [-0.39, 0.29) is 25.0 Å². The summed E-state index contributed by atoms with van der Waals surface area (Å²) in [7, 11) is 1.81. The molecule has 3 rings (SSSR count). The third-order valence-corrected chi connectivity index (χ3v) is 4.83. The van der Waals surface area contributed by atoms with Crippen molar-refractivity contribution in [1.29, 1.82) is 0 Å². The van der Waals surface area contributed by atoms with Gasteiger partial charge in [-0.05, 0) is 37.0 Å². The highest BCUT2D eigenvalue weighted by Gasteiger charge is 2.29. The molecule has 0 atom stereocenters. The molecule has 1 fully saturated rings. The second-order valence-electron chi connectivity index (χ2n) is 5.95. The second-order valence-corrected chi connectivity index (χ2v) is 6.87. The minimum atomic E-state index is -0.180. The Morgan fingerprint density at radius 2 is 2.23 bits per heavy atom. The number of hydrogen-bond donors (Lipinski definition) is 0. The summed E-state index contributed by atoms with van der Waals surface area (Å²) in [6.45, 7) is 0.827. The van der Waals surface area contributed by atoms with E-state index in [1.807, 2.05) is 19.2 Å². The van der Waals surface area contributed by atoms with Gasteiger partial charge in [0, 0.05) is 18.1 Å². The molecular formula is C16H19BrN2O3. The summed E-state index contributed by atoms with van der Waals surface area (Å²) in [5.74, 6) is 1.04. The monoisotopic (exact) mass is 366 g/mol. The lowest BCUT2D eigenvalue weighted by atomic mass is 9.85. The lowest BCUT2D eigenvalue weighted by Crippen LogP contribution is -2.46. The van der Waals surface area contributed by atoms with Gasteiger partial charge in [-0.25, -0.2) is 0 Å². The number of nitrogens with zero attached hydrogens (tertiary/aromatic N) is 2. The van der Waals surface area contributed by atoms with E-state index in [0.29, 0.717) is 17.4 Å². The van der Waals surface area contributed by atoms with E-state index in [0.717, 1.165) is 11.0 Å². The van der Waals surface area contributed by atoms with Gasteiger partial charge in [-0.1, -0.05) is 22.4 Å². The Hall–Kier alpha value is -1.56. The number of carbonyl (C=O) groups is 2. The normalized spacial score (nSPS) is 17.5. The average molecular weight is 367 g/mol. The van der Waals surface area contributed by atoms with Crippen LogP contribution in [0.5, 0.6) is 5.75 Å². The molecule has 118 valence electrons. The van der Waals surface area contributed by atoms with E-state index < -0.39 is 0 Å². The number of halogens is 1. The summed E-state index contributed by atoms with van der Waals surface area (Å²) >= 11 is 3.38. The number of anilines is 1. The van der Waals surface area contributed by atoms with Crippen molar-refractivity contribution >= 4 is 33.4 Å². The molecular weight excluding hydrogens is 348 g/mol. The molecule has 1 saturated carbocycles. The Bertz CT molecular complexity index is 601. The first-order chi connectivity index (χ1) is 10.5. The van der Waals surface area contributed by atoms with Gasteiger partial charge in [-0.2, -0.15) is 0 Å². The summed E-state index contributed by atoms with van der Waals surface area (Å²) in [6, 6.07) is 5.46. The molecule has 2 aliphatic rings. The van der Waals surface area contributed by atoms with Crippen molar-refractivity contribution in [2.75, 3.05) is 31.6 Å². The minimum Gasteiger partial charge on any atom is -0.482 e. The standard InChI is InChI=1S/C16H19BrN2O3/c1-18(8-11-3-2-4-11)15(20)9-19-13-6-5-12(17)7-14(13)22-10-16(19)21/h5-7,11H,2-4,8-10H2,1H3. The van der Waals surface area contributed by atoms with E-state index in [4.69, 9.17) is 4.74 Å². The largest absolute Gasteiger partial charge is 0.482 e. The smallest absolute Gasteiger partial charge is 0.265 e. The minimum absolute atomic E-state index is 0.0247. The summed E-state index contributed by atoms with van der Waals surface area (Å²) in [5, 5.41) is 0. The number of ether oxygens (including phenoxy) is 1. The molecule has 1 aromatic carbocycles. The molecule has 0 spiro atoms. The van der Waals surface area contributed by atoms with Crippen LogP contribution in [0, 0.1) is 5.92 Å². The highest BCUT2D eigenvalue weighted by molar-refractivity contribution is 9.10. The topological polar surface area (TPSA) is 49.9 Å². The van der Waals surface area contributed by atoms with Crippen molar-refractivity contribution in [3.05, 3.63) is 22.7 Å². The first-order valence-electron chi connectivity index (χ1n) is 7.51. The molecule has 1 aliphatic carbocycles. The van der Waals surface area contributed by atoms with Gasteiger partial charge in [0.2, 0.25) is 5.91 Å². The van der Waals surface area contributed by atoms with Gasteiger partial charge >= 0.3 is 0 Å². The number of hydrogen-bond acceptors (Lipinski definition) is 3. The molecule has 22 heavy (non-hydrogen) atoms. The van der Waals surface area contributed by atoms with E-state index >= 15 is 0 Å². The molecule has 0 radical (unpaired) electrons. The van der Waals surface area contributed by atoms with Crippen LogP contribution in [0.15, 0.2) is 22.7 Å². The van der Waals surface area contributed by atoms with Crippen LogP contribution in [0.1, 0.15) is 19.3 Å². The Labute approximate surface area is 138 Å². The zero-order chi connectivity index (χ0) is 15.7. The van der Waals surface area contributed by atoms with Crippen LogP contribution >= 0.6 is 15.9 Å².